The molecule has 1 heterocycles. The second-order valence-corrected chi connectivity index (χ2v) is 7.29. The number of halogens is 1. The molecule has 0 aliphatic rings. The molecular formula is C22H14IN. The van der Waals surface area contributed by atoms with E-state index in [9.17, 15) is 0 Å². The van der Waals surface area contributed by atoms with E-state index in [2.05, 4.69) is 112 Å². The molecular weight excluding hydrogens is 405 g/mol. The fraction of sp³-hybridized carbons (Fsp3) is 0. The van der Waals surface area contributed by atoms with Crippen molar-refractivity contribution in [2.75, 3.05) is 0 Å². The molecule has 5 aromatic rings. The molecule has 0 bridgehead atoms. The molecule has 0 aliphatic heterocycles. The maximum Gasteiger partial charge on any atom is 0.0551 e. The van der Waals surface area contributed by atoms with Gasteiger partial charge in [0, 0.05) is 20.0 Å². The number of benzene rings is 4. The first kappa shape index (κ1) is 14.1. The topological polar surface area (TPSA) is 4.93 Å². The molecule has 0 N–H and O–H groups in total. The Hall–Kier alpha value is -2.33. The Balaban J connectivity index is 2.03. The van der Waals surface area contributed by atoms with Gasteiger partial charge < -0.3 is 4.57 Å². The summed E-state index contributed by atoms with van der Waals surface area (Å²) >= 11 is 2.39. The smallest absolute Gasteiger partial charge is 0.0551 e. The zero-order valence-electron chi connectivity index (χ0n) is 12.9. The Labute approximate surface area is 153 Å². The zero-order valence-corrected chi connectivity index (χ0v) is 15.1. The van der Waals surface area contributed by atoms with Crippen molar-refractivity contribution in [3.63, 3.8) is 0 Å². The van der Waals surface area contributed by atoms with E-state index < -0.39 is 0 Å². The zero-order chi connectivity index (χ0) is 16.1. The minimum Gasteiger partial charge on any atom is -0.309 e. The highest BCUT2D eigenvalue weighted by molar-refractivity contribution is 14.1. The number of fused-ring (bicyclic) bond motifs is 4. The van der Waals surface area contributed by atoms with Crippen molar-refractivity contribution in [2.45, 2.75) is 0 Å². The quantitative estimate of drug-likeness (QED) is 0.272. The largest absolute Gasteiger partial charge is 0.309 e. The minimum absolute atomic E-state index is 1.20. The van der Waals surface area contributed by atoms with Crippen molar-refractivity contribution in [1.82, 2.24) is 4.57 Å². The van der Waals surface area contributed by atoms with Gasteiger partial charge in [0.15, 0.2) is 0 Å². The monoisotopic (exact) mass is 419 g/mol. The first-order valence-electron chi connectivity index (χ1n) is 7.99. The van der Waals surface area contributed by atoms with E-state index in [4.69, 9.17) is 0 Å². The standard InChI is InChI=1S/C22H14IN/c23-17-10-11-19-20-12-15-6-4-5-7-16(15)13-21(20)24(22(19)14-17)18-8-2-1-3-9-18/h1-14H. The van der Waals surface area contributed by atoms with Crippen LogP contribution in [0, 0.1) is 3.57 Å². The van der Waals surface area contributed by atoms with Gasteiger partial charge in [0.1, 0.15) is 0 Å². The molecule has 5 rings (SSSR count). The number of hydrogen-bond acceptors (Lipinski definition) is 0. The molecule has 114 valence electrons. The fourth-order valence-electron chi connectivity index (χ4n) is 3.53. The van der Waals surface area contributed by atoms with Crippen molar-refractivity contribution in [1.29, 1.82) is 0 Å². The molecule has 0 saturated carbocycles. The van der Waals surface area contributed by atoms with Gasteiger partial charge in [-0.05, 0) is 69.8 Å². The van der Waals surface area contributed by atoms with Crippen LogP contribution in [0.15, 0.2) is 84.9 Å². The van der Waals surface area contributed by atoms with Gasteiger partial charge in [0.05, 0.1) is 11.0 Å². The van der Waals surface area contributed by atoms with E-state index in [-0.39, 0.29) is 0 Å². The number of nitrogens with zero attached hydrogens (tertiary/aromatic N) is 1. The molecule has 0 unspecified atom stereocenters. The van der Waals surface area contributed by atoms with E-state index in [0.717, 1.165) is 0 Å². The van der Waals surface area contributed by atoms with E-state index >= 15 is 0 Å². The van der Waals surface area contributed by atoms with Crippen LogP contribution in [0.4, 0.5) is 0 Å². The summed E-state index contributed by atoms with van der Waals surface area (Å²) in [6.07, 6.45) is 0. The number of rotatable bonds is 1. The molecule has 4 aromatic carbocycles. The molecule has 1 aromatic heterocycles. The summed E-state index contributed by atoms with van der Waals surface area (Å²) < 4.78 is 3.63. The molecule has 0 saturated heterocycles. The lowest BCUT2D eigenvalue weighted by atomic mass is 10.1. The maximum atomic E-state index is 2.39. The van der Waals surface area contributed by atoms with Gasteiger partial charge in [-0.15, -0.1) is 0 Å². The van der Waals surface area contributed by atoms with Crippen molar-refractivity contribution < 1.29 is 0 Å². The van der Waals surface area contributed by atoms with Gasteiger partial charge in [-0.25, -0.2) is 0 Å². The maximum absolute atomic E-state index is 2.39. The first-order chi connectivity index (χ1) is 11.8. The lowest BCUT2D eigenvalue weighted by Crippen LogP contribution is -1.93. The second kappa shape index (κ2) is 5.35. The summed E-state index contributed by atoms with van der Waals surface area (Å²) in [5, 5.41) is 5.18. The fourth-order valence-corrected chi connectivity index (χ4v) is 4.01. The van der Waals surface area contributed by atoms with Gasteiger partial charge >= 0.3 is 0 Å². The highest BCUT2D eigenvalue weighted by atomic mass is 127. The van der Waals surface area contributed by atoms with Crippen molar-refractivity contribution in [3.05, 3.63) is 88.5 Å². The van der Waals surface area contributed by atoms with Crippen LogP contribution in [0.3, 0.4) is 0 Å². The van der Waals surface area contributed by atoms with Crippen LogP contribution in [0.25, 0.3) is 38.3 Å². The Morgan fingerprint density at radius 2 is 1.25 bits per heavy atom. The number of para-hydroxylation sites is 1. The number of aromatic nitrogens is 1. The lowest BCUT2D eigenvalue weighted by Gasteiger charge is -2.08. The van der Waals surface area contributed by atoms with Crippen molar-refractivity contribution in [2.24, 2.45) is 0 Å². The number of hydrogen-bond donors (Lipinski definition) is 0. The Morgan fingerprint density at radius 3 is 2.04 bits per heavy atom. The van der Waals surface area contributed by atoms with Crippen LogP contribution in [0.5, 0.6) is 0 Å². The van der Waals surface area contributed by atoms with Crippen molar-refractivity contribution in [3.8, 4) is 5.69 Å². The van der Waals surface area contributed by atoms with Gasteiger partial charge in [-0.2, -0.15) is 0 Å². The minimum atomic E-state index is 1.20. The van der Waals surface area contributed by atoms with Crippen molar-refractivity contribution >= 4 is 55.2 Å². The molecule has 0 amide bonds. The predicted molar refractivity (Wildman–Crippen MR) is 111 cm³/mol. The predicted octanol–water partition coefficient (Wildman–Crippen LogP) is 6.54. The van der Waals surface area contributed by atoms with Crippen LogP contribution >= 0.6 is 22.6 Å². The summed E-state index contributed by atoms with van der Waals surface area (Å²) in [5.41, 5.74) is 3.73. The molecule has 0 atom stereocenters. The third kappa shape index (κ3) is 2.06. The van der Waals surface area contributed by atoms with Crippen LogP contribution in [-0.2, 0) is 0 Å². The summed E-state index contributed by atoms with van der Waals surface area (Å²) in [4.78, 5) is 0. The molecule has 1 nitrogen and oxygen atoms in total. The SMILES string of the molecule is Ic1ccc2c3cc4ccccc4cc3n(-c3ccccc3)c2c1. The van der Waals surface area contributed by atoms with E-state index in [1.54, 1.807) is 0 Å². The Bertz CT molecular complexity index is 1200. The van der Waals surface area contributed by atoms with Crippen LogP contribution in [0.2, 0.25) is 0 Å². The molecule has 2 heteroatoms. The normalized spacial score (nSPS) is 11.5. The summed E-state index contributed by atoms with van der Waals surface area (Å²) in [7, 11) is 0. The highest BCUT2D eigenvalue weighted by Crippen LogP contribution is 2.35. The molecule has 0 spiro atoms. The summed E-state index contributed by atoms with van der Waals surface area (Å²) in [6.45, 7) is 0. The average Bonchev–Trinajstić information content (AvgIpc) is 2.93. The van der Waals surface area contributed by atoms with Crippen LogP contribution in [-0.4, -0.2) is 4.57 Å². The summed E-state index contributed by atoms with van der Waals surface area (Å²) in [5.74, 6) is 0. The summed E-state index contributed by atoms with van der Waals surface area (Å²) in [6, 6.07) is 30.5. The van der Waals surface area contributed by atoms with Gasteiger partial charge in [-0.3, -0.25) is 0 Å². The molecule has 0 radical (unpaired) electrons. The van der Waals surface area contributed by atoms with Gasteiger partial charge in [0.2, 0.25) is 0 Å². The third-order valence-corrected chi connectivity index (χ3v) is 5.28. The van der Waals surface area contributed by atoms with Gasteiger partial charge in [0.25, 0.3) is 0 Å². The molecule has 0 fully saturated rings. The Kier molecular flexibility index (Phi) is 3.13. The first-order valence-corrected chi connectivity index (χ1v) is 9.07. The van der Waals surface area contributed by atoms with E-state index in [0.29, 0.717) is 0 Å². The lowest BCUT2D eigenvalue weighted by molar-refractivity contribution is 1.18. The molecule has 24 heavy (non-hydrogen) atoms. The van der Waals surface area contributed by atoms with Gasteiger partial charge in [-0.1, -0.05) is 48.5 Å². The van der Waals surface area contributed by atoms with Crippen LogP contribution in [0.1, 0.15) is 0 Å². The van der Waals surface area contributed by atoms with E-state index in [1.165, 1.54) is 41.8 Å². The van der Waals surface area contributed by atoms with E-state index in [1.807, 2.05) is 0 Å². The van der Waals surface area contributed by atoms with Crippen LogP contribution < -0.4 is 0 Å². The average molecular weight is 419 g/mol. The Morgan fingerprint density at radius 1 is 0.583 bits per heavy atom. The second-order valence-electron chi connectivity index (χ2n) is 6.05. The highest BCUT2D eigenvalue weighted by Gasteiger charge is 2.13. The molecule has 0 aliphatic carbocycles. The third-order valence-electron chi connectivity index (χ3n) is 4.61.